The summed E-state index contributed by atoms with van der Waals surface area (Å²) in [5.74, 6) is 3.11. The number of hydrogen-bond acceptors (Lipinski definition) is 1. The Morgan fingerprint density at radius 2 is 1.76 bits per heavy atom. The monoisotopic (exact) mass is 235 g/mol. The highest BCUT2D eigenvalue weighted by atomic mass is 15.0. The van der Waals surface area contributed by atoms with Crippen LogP contribution in [0.5, 0.6) is 0 Å². The van der Waals surface area contributed by atoms with E-state index in [0.29, 0.717) is 6.04 Å². The minimum atomic E-state index is 0.666. The van der Waals surface area contributed by atoms with Gasteiger partial charge >= 0.3 is 0 Å². The Kier molecular flexibility index (Phi) is 3.01. The zero-order chi connectivity index (χ0) is 12.0. The molecule has 1 heteroatoms. The quantitative estimate of drug-likeness (QED) is 0.777. The van der Waals surface area contributed by atoms with E-state index in [-0.39, 0.29) is 0 Å². The molecule has 4 bridgehead atoms. The van der Waals surface area contributed by atoms with Gasteiger partial charge in [-0.05, 0) is 61.7 Å². The molecule has 98 valence electrons. The van der Waals surface area contributed by atoms with Crippen molar-refractivity contribution in [1.82, 2.24) is 5.32 Å². The second-order valence-corrected chi connectivity index (χ2v) is 7.57. The van der Waals surface area contributed by atoms with Crippen LogP contribution in [0.1, 0.15) is 65.7 Å². The van der Waals surface area contributed by atoms with E-state index in [1.54, 1.807) is 6.42 Å². The van der Waals surface area contributed by atoms with Gasteiger partial charge in [0.15, 0.2) is 0 Å². The molecule has 17 heavy (non-hydrogen) atoms. The topological polar surface area (TPSA) is 12.0 Å². The summed E-state index contributed by atoms with van der Waals surface area (Å²) in [4.78, 5) is 0. The van der Waals surface area contributed by atoms with Crippen LogP contribution in [-0.2, 0) is 0 Å². The second-order valence-electron chi connectivity index (χ2n) is 7.57. The van der Waals surface area contributed by atoms with Gasteiger partial charge in [-0.1, -0.05) is 27.2 Å². The lowest BCUT2D eigenvalue weighted by Gasteiger charge is -2.61. The van der Waals surface area contributed by atoms with E-state index in [2.05, 4.69) is 26.1 Å². The Balaban J connectivity index is 1.76. The molecule has 0 aromatic heterocycles. The molecule has 4 rings (SSSR count). The zero-order valence-corrected chi connectivity index (χ0v) is 11.8. The van der Waals surface area contributed by atoms with Crippen LogP contribution in [0.3, 0.4) is 0 Å². The summed E-state index contributed by atoms with van der Waals surface area (Å²) in [5.41, 5.74) is 0.778. The van der Waals surface area contributed by atoms with E-state index in [1.165, 1.54) is 38.5 Å². The van der Waals surface area contributed by atoms with E-state index in [4.69, 9.17) is 0 Å². The summed E-state index contributed by atoms with van der Waals surface area (Å²) in [5, 5.41) is 3.88. The molecule has 1 N–H and O–H groups in total. The molecule has 1 nitrogen and oxygen atoms in total. The average Bonchev–Trinajstić information content (AvgIpc) is 2.22. The number of nitrogens with one attached hydrogen (secondary N) is 1. The molecule has 4 saturated carbocycles. The molecule has 0 aliphatic heterocycles. The van der Waals surface area contributed by atoms with Crippen LogP contribution < -0.4 is 5.32 Å². The van der Waals surface area contributed by atoms with Gasteiger partial charge < -0.3 is 5.32 Å². The molecular weight excluding hydrogens is 206 g/mol. The average molecular weight is 235 g/mol. The van der Waals surface area contributed by atoms with Crippen molar-refractivity contribution >= 4 is 0 Å². The van der Waals surface area contributed by atoms with E-state index < -0.39 is 0 Å². The summed E-state index contributed by atoms with van der Waals surface area (Å²) < 4.78 is 0. The van der Waals surface area contributed by atoms with Crippen molar-refractivity contribution in [2.24, 2.45) is 23.2 Å². The normalized spacial score (nSPS) is 48.0. The number of rotatable bonds is 4. The SMILES string of the molecule is CCCC12CC3CC(C1)C(NC(C)C)C(C3)C2. The van der Waals surface area contributed by atoms with Gasteiger partial charge in [-0.3, -0.25) is 0 Å². The first kappa shape index (κ1) is 12.0. The third-order valence-electron chi connectivity index (χ3n) is 5.71. The molecule has 4 fully saturated rings. The summed E-state index contributed by atoms with van der Waals surface area (Å²) in [6.45, 7) is 7.00. The lowest BCUT2D eigenvalue weighted by molar-refractivity contribution is -0.0822. The number of hydrogen-bond donors (Lipinski definition) is 1. The van der Waals surface area contributed by atoms with Crippen LogP contribution in [0, 0.1) is 23.2 Å². The van der Waals surface area contributed by atoms with Crippen molar-refractivity contribution in [1.29, 1.82) is 0 Å². The molecule has 0 heterocycles. The highest BCUT2D eigenvalue weighted by molar-refractivity contribution is 5.07. The van der Waals surface area contributed by atoms with Gasteiger partial charge in [0, 0.05) is 12.1 Å². The highest BCUT2D eigenvalue weighted by Crippen LogP contribution is 2.61. The summed E-state index contributed by atoms with van der Waals surface area (Å²) in [6.07, 6.45) is 10.6. The Morgan fingerprint density at radius 1 is 1.12 bits per heavy atom. The first-order valence-electron chi connectivity index (χ1n) is 7.88. The molecular formula is C16H29N. The Morgan fingerprint density at radius 3 is 2.29 bits per heavy atom. The molecule has 0 aromatic rings. The lowest BCUT2D eigenvalue weighted by Crippen LogP contribution is -2.59. The summed E-state index contributed by atoms with van der Waals surface area (Å²) in [7, 11) is 0. The molecule has 4 aliphatic carbocycles. The van der Waals surface area contributed by atoms with Crippen LogP contribution in [0.25, 0.3) is 0 Å². The van der Waals surface area contributed by atoms with E-state index in [0.717, 1.165) is 29.2 Å². The highest BCUT2D eigenvalue weighted by Gasteiger charge is 2.54. The van der Waals surface area contributed by atoms with Crippen LogP contribution in [0.4, 0.5) is 0 Å². The standard InChI is InChI=1S/C16H29N/c1-4-5-16-8-12-6-13(9-16)15(17-11(2)3)14(7-12)10-16/h11-15,17H,4-10H2,1-3H3. The lowest BCUT2D eigenvalue weighted by atomic mass is 9.47. The van der Waals surface area contributed by atoms with E-state index in [9.17, 15) is 0 Å². The first-order chi connectivity index (χ1) is 8.12. The summed E-state index contributed by atoms with van der Waals surface area (Å²) >= 11 is 0. The van der Waals surface area contributed by atoms with E-state index in [1.807, 2.05) is 0 Å². The Hall–Kier alpha value is -0.0400. The van der Waals surface area contributed by atoms with Gasteiger partial charge in [0.1, 0.15) is 0 Å². The fourth-order valence-electron chi connectivity index (χ4n) is 5.69. The van der Waals surface area contributed by atoms with Gasteiger partial charge in [-0.25, -0.2) is 0 Å². The third kappa shape index (κ3) is 2.05. The molecule has 4 aliphatic rings. The van der Waals surface area contributed by atoms with Crippen molar-refractivity contribution in [3.8, 4) is 0 Å². The Labute approximate surface area is 107 Å². The largest absolute Gasteiger partial charge is 0.311 e. The first-order valence-corrected chi connectivity index (χ1v) is 7.88. The zero-order valence-electron chi connectivity index (χ0n) is 11.8. The van der Waals surface area contributed by atoms with Crippen molar-refractivity contribution in [3.05, 3.63) is 0 Å². The van der Waals surface area contributed by atoms with Crippen LogP contribution in [0.2, 0.25) is 0 Å². The maximum atomic E-state index is 3.88. The van der Waals surface area contributed by atoms with E-state index >= 15 is 0 Å². The predicted octanol–water partition coefficient (Wildman–Crippen LogP) is 3.98. The maximum absolute atomic E-state index is 3.88. The summed E-state index contributed by atoms with van der Waals surface area (Å²) in [6, 6.07) is 1.52. The van der Waals surface area contributed by atoms with Gasteiger partial charge in [0.2, 0.25) is 0 Å². The minimum absolute atomic E-state index is 0.666. The van der Waals surface area contributed by atoms with Crippen molar-refractivity contribution in [2.45, 2.75) is 77.8 Å². The van der Waals surface area contributed by atoms with Gasteiger partial charge in [-0.2, -0.15) is 0 Å². The van der Waals surface area contributed by atoms with Crippen LogP contribution >= 0.6 is 0 Å². The van der Waals surface area contributed by atoms with Crippen LogP contribution in [-0.4, -0.2) is 12.1 Å². The minimum Gasteiger partial charge on any atom is -0.311 e. The van der Waals surface area contributed by atoms with Gasteiger partial charge in [0.25, 0.3) is 0 Å². The molecule has 0 saturated heterocycles. The predicted molar refractivity (Wildman–Crippen MR) is 73.0 cm³/mol. The molecule has 0 amide bonds. The second kappa shape index (κ2) is 4.26. The third-order valence-corrected chi connectivity index (χ3v) is 5.71. The van der Waals surface area contributed by atoms with Gasteiger partial charge in [0.05, 0.1) is 0 Å². The maximum Gasteiger partial charge on any atom is 0.0126 e. The van der Waals surface area contributed by atoms with Crippen molar-refractivity contribution in [2.75, 3.05) is 0 Å². The molecule has 2 atom stereocenters. The molecule has 0 aromatic carbocycles. The molecule has 2 unspecified atom stereocenters. The van der Waals surface area contributed by atoms with Gasteiger partial charge in [-0.15, -0.1) is 0 Å². The molecule has 0 spiro atoms. The fraction of sp³-hybridized carbons (Fsp3) is 1.00. The van der Waals surface area contributed by atoms with Crippen LogP contribution in [0.15, 0.2) is 0 Å². The molecule has 0 radical (unpaired) electrons. The van der Waals surface area contributed by atoms with Crippen molar-refractivity contribution < 1.29 is 0 Å². The smallest absolute Gasteiger partial charge is 0.0126 e. The van der Waals surface area contributed by atoms with Crippen molar-refractivity contribution in [3.63, 3.8) is 0 Å². The Bertz CT molecular complexity index is 267. The fourth-order valence-corrected chi connectivity index (χ4v) is 5.69.